The lowest BCUT2D eigenvalue weighted by atomic mass is 9.94. The highest BCUT2D eigenvalue weighted by atomic mass is 16.5. The predicted octanol–water partition coefficient (Wildman–Crippen LogP) is 3.47. The van der Waals surface area contributed by atoms with Crippen molar-refractivity contribution < 1.29 is 28.9 Å². The average Bonchev–Trinajstić information content (AvgIpc) is 3.03. The summed E-state index contributed by atoms with van der Waals surface area (Å²) >= 11 is 0. The van der Waals surface area contributed by atoms with E-state index in [4.69, 9.17) is 14.2 Å². The molecule has 2 aromatic carbocycles. The Morgan fingerprint density at radius 1 is 1.03 bits per heavy atom. The number of aliphatic hydroxyl groups is 1. The Balaban J connectivity index is 2.21. The third-order valence-electron chi connectivity index (χ3n) is 5.34. The van der Waals surface area contributed by atoms with E-state index < -0.39 is 17.7 Å². The normalized spacial score (nSPS) is 17.8. The van der Waals surface area contributed by atoms with Gasteiger partial charge in [-0.3, -0.25) is 9.59 Å². The summed E-state index contributed by atoms with van der Waals surface area (Å²) in [6, 6.07) is 11.5. The summed E-state index contributed by atoms with van der Waals surface area (Å²) in [5, 5.41) is 11.1. The van der Waals surface area contributed by atoms with Crippen molar-refractivity contribution in [1.82, 2.24) is 4.90 Å². The molecule has 31 heavy (non-hydrogen) atoms. The van der Waals surface area contributed by atoms with Crippen LogP contribution in [0, 0.1) is 6.92 Å². The van der Waals surface area contributed by atoms with Gasteiger partial charge in [0.15, 0.2) is 0 Å². The molecule has 0 aromatic heterocycles. The number of benzene rings is 2. The maximum atomic E-state index is 13.1. The maximum absolute atomic E-state index is 13.1. The highest BCUT2D eigenvalue weighted by Crippen LogP contribution is 2.43. The fraction of sp³-hybridized carbons (Fsp3) is 0.333. The first kappa shape index (κ1) is 22.4. The Bertz CT molecular complexity index is 996. The highest BCUT2D eigenvalue weighted by Gasteiger charge is 2.47. The van der Waals surface area contributed by atoms with Gasteiger partial charge in [-0.25, -0.2) is 0 Å². The number of carbonyl (C=O) groups is 2. The van der Waals surface area contributed by atoms with Gasteiger partial charge in [0.1, 0.15) is 17.3 Å². The molecular formula is C24H27NO6. The minimum atomic E-state index is -0.816. The van der Waals surface area contributed by atoms with Crippen LogP contribution in [0.15, 0.2) is 48.0 Å². The monoisotopic (exact) mass is 425 g/mol. The van der Waals surface area contributed by atoms with Crippen molar-refractivity contribution in [3.05, 3.63) is 64.7 Å². The summed E-state index contributed by atoms with van der Waals surface area (Å²) in [5.74, 6) is -0.583. The minimum Gasteiger partial charge on any atom is -0.507 e. The molecule has 7 nitrogen and oxygen atoms in total. The number of methoxy groups -OCH3 is 3. The molecule has 0 spiro atoms. The molecule has 1 heterocycles. The third-order valence-corrected chi connectivity index (χ3v) is 5.34. The van der Waals surface area contributed by atoms with Crippen LogP contribution in [-0.4, -0.2) is 56.2 Å². The number of aryl methyl sites for hydroxylation is 1. The van der Waals surface area contributed by atoms with Crippen molar-refractivity contribution in [2.24, 2.45) is 0 Å². The SMILES string of the molecule is COCCCN1C(=O)C(=O)/C(=C(/O)c2ccc(C)cc2)[C@H]1c1cc(OC)ccc1OC. The summed E-state index contributed by atoms with van der Waals surface area (Å²) in [4.78, 5) is 27.5. The van der Waals surface area contributed by atoms with Crippen molar-refractivity contribution in [2.45, 2.75) is 19.4 Å². The first-order valence-electron chi connectivity index (χ1n) is 9.99. The average molecular weight is 425 g/mol. The number of amides is 1. The standard InChI is InChI=1S/C24H27NO6/c1-15-6-8-16(9-7-15)22(26)20-21(18-14-17(30-3)10-11-19(18)31-4)25(12-5-13-29-2)24(28)23(20)27/h6-11,14,21,26H,5,12-13H2,1-4H3/b22-20+/t21-/m1/s1. The van der Waals surface area contributed by atoms with Gasteiger partial charge in [-0.05, 0) is 31.5 Å². The first-order chi connectivity index (χ1) is 14.9. The fourth-order valence-corrected chi connectivity index (χ4v) is 3.73. The van der Waals surface area contributed by atoms with E-state index in [1.165, 1.54) is 19.1 Å². The molecular weight excluding hydrogens is 398 g/mol. The van der Waals surface area contributed by atoms with Crippen LogP contribution in [0.2, 0.25) is 0 Å². The predicted molar refractivity (Wildman–Crippen MR) is 116 cm³/mol. The number of hydrogen-bond donors (Lipinski definition) is 1. The van der Waals surface area contributed by atoms with Gasteiger partial charge in [0.05, 0.1) is 25.8 Å². The van der Waals surface area contributed by atoms with E-state index in [-0.39, 0.29) is 17.9 Å². The van der Waals surface area contributed by atoms with Crippen LogP contribution >= 0.6 is 0 Å². The quantitative estimate of drug-likeness (QED) is 0.302. The molecule has 164 valence electrons. The summed E-state index contributed by atoms with van der Waals surface area (Å²) < 4.78 is 16.0. The van der Waals surface area contributed by atoms with Crippen molar-refractivity contribution in [2.75, 3.05) is 34.5 Å². The second-order valence-electron chi connectivity index (χ2n) is 7.31. The third kappa shape index (κ3) is 4.41. The van der Waals surface area contributed by atoms with Gasteiger partial charge in [-0.2, -0.15) is 0 Å². The molecule has 3 rings (SSSR count). The summed E-state index contributed by atoms with van der Waals surface area (Å²) in [7, 11) is 4.63. The zero-order valence-electron chi connectivity index (χ0n) is 18.2. The molecule has 2 aromatic rings. The number of Topliss-reactive ketones (excluding diaryl/α,β-unsaturated/α-hetero) is 1. The largest absolute Gasteiger partial charge is 0.507 e. The van der Waals surface area contributed by atoms with Crippen LogP contribution in [0.5, 0.6) is 11.5 Å². The van der Waals surface area contributed by atoms with Crippen molar-refractivity contribution in [3.63, 3.8) is 0 Å². The molecule has 0 aliphatic carbocycles. The van der Waals surface area contributed by atoms with Crippen LogP contribution < -0.4 is 9.47 Å². The van der Waals surface area contributed by atoms with E-state index in [0.29, 0.717) is 35.7 Å². The van der Waals surface area contributed by atoms with E-state index in [1.807, 2.05) is 19.1 Å². The minimum absolute atomic E-state index is 0.0258. The molecule has 1 N–H and O–H groups in total. The van der Waals surface area contributed by atoms with Gasteiger partial charge < -0.3 is 24.2 Å². The van der Waals surface area contributed by atoms with Gasteiger partial charge >= 0.3 is 0 Å². The van der Waals surface area contributed by atoms with Crippen molar-refractivity contribution in [1.29, 1.82) is 0 Å². The molecule has 0 radical (unpaired) electrons. The van der Waals surface area contributed by atoms with E-state index in [2.05, 4.69) is 0 Å². The molecule has 0 saturated carbocycles. The smallest absolute Gasteiger partial charge is 0.295 e. The Labute approximate surface area is 181 Å². The molecule has 0 bridgehead atoms. The molecule has 1 fully saturated rings. The number of nitrogens with zero attached hydrogens (tertiary/aromatic N) is 1. The Kier molecular flexibility index (Phi) is 6.97. The van der Waals surface area contributed by atoms with E-state index in [0.717, 1.165) is 5.56 Å². The number of likely N-dealkylation sites (tertiary alicyclic amines) is 1. The van der Waals surface area contributed by atoms with Crippen molar-refractivity contribution in [3.8, 4) is 11.5 Å². The van der Waals surface area contributed by atoms with E-state index in [1.54, 1.807) is 37.4 Å². The first-order valence-corrected chi connectivity index (χ1v) is 9.99. The molecule has 1 aliphatic rings. The van der Waals surface area contributed by atoms with Gasteiger partial charge in [0.2, 0.25) is 0 Å². The van der Waals surface area contributed by atoms with E-state index >= 15 is 0 Å². The Hall–Kier alpha value is -3.32. The summed E-state index contributed by atoms with van der Waals surface area (Å²) in [6.07, 6.45) is 0.539. The van der Waals surface area contributed by atoms with Crippen LogP contribution in [-0.2, 0) is 14.3 Å². The number of ketones is 1. The molecule has 1 amide bonds. The fourth-order valence-electron chi connectivity index (χ4n) is 3.73. The van der Waals surface area contributed by atoms with Gasteiger partial charge in [-0.1, -0.05) is 29.8 Å². The van der Waals surface area contributed by atoms with Crippen LogP contribution in [0.4, 0.5) is 0 Å². The van der Waals surface area contributed by atoms with Crippen LogP contribution in [0.25, 0.3) is 5.76 Å². The lowest BCUT2D eigenvalue weighted by molar-refractivity contribution is -0.140. The molecule has 1 aliphatic heterocycles. The number of aliphatic hydroxyl groups excluding tert-OH is 1. The van der Waals surface area contributed by atoms with E-state index in [9.17, 15) is 14.7 Å². The van der Waals surface area contributed by atoms with Gasteiger partial charge in [0.25, 0.3) is 11.7 Å². The number of hydrogen-bond acceptors (Lipinski definition) is 6. The van der Waals surface area contributed by atoms with Gasteiger partial charge in [0, 0.05) is 31.4 Å². The molecule has 0 unspecified atom stereocenters. The number of rotatable bonds is 8. The van der Waals surface area contributed by atoms with Gasteiger partial charge in [-0.15, -0.1) is 0 Å². The van der Waals surface area contributed by atoms with Crippen LogP contribution in [0.1, 0.15) is 29.2 Å². The Morgan fingerprint density at radius 3 is 2.35 bits per heavy atom. The number of carbonyl (C=O) groups excluding carboxylic acids is 2. The topological polar surface area (TPSA) is 85.3 Å². The highest BCUT2D eigenvalue weighted by molar-refractivity contribution is 6.46. The maximum Gasteiger partial charge on any atom is 0.295 e. The summed E-state index contributed by atoms with van der Waals surface area (Å²) in [6.45, 7) is 2.65. The lowest BCUT2D eigenvalue weighted by Gasteiger charge is -2.27. The lowest BCUT2D eigenvalue weighted by Crippen LogP contribution is -2.31. The summed E-state index contributed by atoms with van der Waals surface area (Å²) in [5.41, 5.74) is 2.07. The molecule has 1 saturated heterocycles. The zero-order valence-corrected chi connectivity index (χ0v) is 18.2. The Morgan fingerprint density at radius 2 is 1.74 bits per heavy atom. The number of ether oxygens (including phenoxy) is 3. The van der Waals surface area contributed by atoms with Crippen molar-refractivity contribution >= 4 is 17.4 Å². The second-order valence-corrected chi connectivity index (χ2v) is 7.31. The van der Waals surface area contributed by atoms with Crippen LogP contribution in [0.3, 0.4) is 0 Å². The second kappa shape index (κ2) is 9.66. The molecule has 1 atom stereocenters. The zero-order chi connectivity index (χ0) is 22.5. The molecule has 7 heteroatoms.